The van der Waals surface area contributed by atoms with Crippen molar-refractivity contribution < 1.29 is 14.3 Å². The Hall–Kier alpha value is -1.78. The topological polar surface area (TPSA) is 87.6 Å². The molecule has 2 aliphatic heterocycles. The molecule has 3 rings (SSSR count). The molecule has 6 nitrogen and oxygen atoms in total. The second-order valence-corrected chi connectivity index (χ2v) is 6.18. The van der Waals surface area contributed by atoms with Gasteiger partial charge in [0, 0.05) is 22.9 Å². The predicted molar refractivity (Wildman–Crippen MR) is 76.4 cm³/mol. The summed E-state index contributed by atoms with van der Waals surface area (Å²) in [4.78, 5) is 14.6. The van der Waals surface area contributed by atoms with E-state index in [1.807, 2.05) is 0 Å². The Balaban J connectivity index is 1.82. The van der Waals surface area contributed by atoms with Crippen molar-refractivity contribution in [1.29, 1.82) is 0 Å². The van der Waals surface area contributed by atoms with E-state index in [0.29, 0.717) is 12.1 Å². The largest absolute Gasteiger partial charge is 0.455 e. The van der Waals surface area contributed by atoms with Crippen LogP contribution < -0.4 is 0 Å². The van der Waals surface area contributed by atoms with Crippen molar-refractivity contribution in [3.05, 3.63) is 34.2 Å². The highest BCUT2D eigenvalue weighted by molar-refractivity contribution is 5.91. The van der Waals surface area contributed by atoms with Crippen molar-refractivity contribution in [3.8, 4) is 0 Å². The Labute approximate surface area is 123 Å². The standard InChI is InChI=1S/C15H19N3O3/c1-9-11-6-5-10(8-17-18-16)4-3-7-15(2)13(21-15)12(11)20-14(9)19/h4,11-13H,1,3,5-8H2,2H3/b10-4+/t11-,12-,13+,15+/m0/s1. The summed E-state index contributed by atoms with van der Waals surface area (Å²) in [5.74, 6) is -0.306. The molecule has 2 heterocycles. The summed E-state index contributed by atoms with van der Waals surface area (Å²) in [7, 11) is 0. The smallest absolute Gasteiger partial charge is 0.334 e. The first-order chi connectivity index (χ1) is 10.0. The van der Waals surface area contributed by atoms with Crippen molar-refractivity contribution in [2.75, 3.05) is 6.54 Å². The summed E-state index contributed by atoms with van der Waals surface area (Å²) < 4.78 is 11.3. The molecule has 6 heteroatoms. The summed E-state index contributed by atoms with van der Waals surface area (Å²) >= 11 is 0. The molecule has 112 valence electrons. The molecule has 0 N–H and O–H groups in total. The van der Waals surface area contributed by atoms with Gasteiger partial charge in [0.05, 0.1) is 5.60 Å². The third-order valence-corrected chi connectivity index (χ3v) is 4.78. The number of epoxide rings is 1. The minimum absolute atomic E-state index is 0.00288. The molecule has 0 amide bonds. The normalized spacial score (nSPS) is 41.0. The Bertz CT molecular complexity index is 565. The molecule has 0 unspecified atom stereocenters. The summed E-state index contributed by atoms with van der Waals surface area (Å²) in [5, 5.41) is 3.65. The van der Waals surface area contributed by atoms with Crippen LogP contribution in [0.15, 0.2) is 28.9 Å². The van der Waals surface area contributed by atoms with Gasteiger partial charge in [0.15, 0.2) is 0 Å². The monoisotopic (exact) mass is 289 g/mol. The number of hydrogen-bond donors (Lipinski definition) is 0. The van der Waals surface area contributed by atoms with Gasteiger partial charge in [-0.25, -0.2) is 4.79 Å². The Kier molecular flexibility index (Phi) is 3.51. The lowest BCUT2D eigenvalue weighted by atomic mass is 9.84. The van der Waals surface area contributed by atoms with E-state index in [0.717, 1.165) is 31.3 Å². The van der Waals surface area contributed by atoms with Gasteiger partial charge in [-0.05, 0) is 38.1 Å². The fraction of sp³-hybridized carbons (Fsp3) is 0.667. The number of rotatable bonds is 2. The number of allylic oxidation sites excluding steroid dienone is 1. The average Bonchev–Trinajstić information content (AvgIpc) is 3.05. The number of ether oxygens (including phenoxy) is 2. The van der Waals surface area contributed by atoms with Crippen LogP contribution in [0.3, 0.4) is 0 Å². The average molecular weight is 289 g/mol. The Morgan fingerprint density at radius 3 is 3.19 bits per heavy atom. The molecule has 4 atom stereocenters. The van der Waals surface area contributed by atoms with Crippen molar-refractivity contribution in [2.45, 2.75) is 50.4 Å². The SMILES string of the molecule is C=C1C(=O)O[C@@H]2[C@H]3O[C@]3(C)CC/C=C(/CN=[N+]=[N-])CC[C@@H]12. The van der Waals surface area contributed by atoms with E-state index in [9.17, 15) is 4.79 Å². The molecule has 0 aromatic rings. The van der Waals surface area contributed by atoms with E-state index < -0.39 is 0 Å². The van der Waals surface area contributed by atoms with Crippen LogP contribution in [0.2, 0.25) is 0 Å². The zero-order valence-electron chi connectivity index (χ0n) is 12.1. The molecule has 0 saturated carbocycles. The number of fused-ring (bicyclic) bond motifs is 3. The Morgan fingerprint density at radius 2 is 2.43 bits per heavy atom. The lowest BCUT2D eigenvalue weighted by molar-refractivity contribution is -0.140. The number of azide groups is 1. The maximum Gasteiger partial charge on any atom is 0.334 e. The van der Waals surface area contributed by atoms with E-state index in [1.165, 1.54) is 0 Å². The number of carbonyl (C=O) groups is 1. The van der Waals surface area contributed by atoms with E-state index in [2.05, 4.69) is 29.6 Å². The van der Waals surface area contributed by atoms with Crippen molar-refractivity contribution in [3.63, 3.8) is 0 Å². The van der Waals surface area contributed by atoms with Crippen LogP contribution in [0.1, 0.15) is 32.6 Å². The quantitative estimate of drug-likeness (QED) is 0.149. The zero-order valence-corrected chi connectivity index (χ0v) is 12.1. The third kappa shape index (κ3) is 2.57. The molecule has 0 aromatic heterocycles. The van der Waals surface area contributed by atoms with Crippen molar-refractivity contribution >= 4 is 5.97 Å². The predicted octanol–water partition coefficient (Wildman–Crippen LogP) is 3.05. The zero-order chi connectivity index (χ0) is 15.0. The van der Waals surface area contributed by atoms with Crippen molar-refractivity contribution in [1.82, 2.24) is 0 Å². The van der Waals surface area contributed by atoms with Gasteiger partial charge >= 0.3 is 5.97 Å². The molecule has 0 radical (unpaired) electrons. The van der Waals surface area contributed by atoms with Crippen molar-refractivity contribution in [2.24, 2.45) is 11.0 Å². The summed E-state index contributed by atoms with van der Waals surface area (Å²) in [6.45, 7) is 6.32. The third-order valence-electron chi connectivity index (χ3n) is 4.78. The first-order valence-electron chi connectivity index (χ1n) is 7.31. The number of esters is 1. The van der Waals surface area contributed by atoms with Crippen LogP contribution in [0.4, 0.5) is 0 Å². The van der Waals surface area contributed by atoms with Gasteiger partial charge in [-0.2, -0.15) is 0 Å². The highest BCUT2D eigenvalue weighted by Crippen LogP contribution is 2.49. The summed E-state index contributed by atoms with van der Waals surface area (Å²) in [5.41, 5.74) is 9.91. The van der Waals surface area contributed by atoms with Crippen LogP contribution in [0, 0.1) is 5.92 Å². The fourth-order valence-corrected chi connectivity index (χ4v) is 3.39. The van der Waals surface area contributed by atoms with Gasteiger partial charge < -0.3 is 9.47 Å². The lowest BCUT2D eigenvalue weighted by Gasteiger charge is -2.19. The number of carbonyl (C=O) groups excluding carboxylic acids is 1. The Morgan fingerprint density at radius 1 is 1.62 bits per heavy atom. The second kappa shape index (κ2) is 5.20. The molecule has 0 aromatic carbocycles. The molecule has 2 fully saturated rings. The minimum Gasteiger partial charge on any atom is -0.455 e. The van der Waals surface area contributed by atoms with Gasteiger partial charge in [-0.1, -0.05) is 23.3 Å². The maximum atomic E-state index is 11.8. The minimum atomic E-state index is -0.303. The van der Waals surface area contributed by atoms with Crippen LogP contribution in [0.5, 0.6) is 0 Å². The van der Waals surface area contributed by atoms with E-state index >= 15 is 0 Å². The molecule has 1 aliphatic carbocycles. The lowest BCUT2D eigenvalue weighted by Crippen LogP contribution is -2.29. The van der Waals surface area contributed by atoms with Crippen LogP contribution >= 0.6 is 0 Å². The number of hydrogen-bond acceptors (Lipinski definition) is 4. The molecule has 21 heavy (non-hydrogen) atoms. The molecule has 2 saturated heterocycles. The molecule has 0 bridgehead atoms. The number of nitrogens with zero attached hydrogens (tertiary/aromatic N) is 3. The van der Waals surface area contributed by atoms with E-state index in [1.54, 1.807) is 0 Å². The van der Waals surface area contributed by atoms with Gasteiger partial charge in [-0.3, -0.25) is 0 Å². The van der Waals surface area contributed by atoms with Crippen LogP contribution in [-0.4, -0.2) is 30.3 Å². The second-order valence-electron chi connectivity index (χ2n) is 6.18. The fourth-order valence-electron chi connectivity index (χ4n) is 3.39. The summed E-state index contributed by atoms with van der Waals surface area (Å²) in [6.07, 6.45) is 5.24. The van der Waals surface area contributed by atoms with Gasteiger partial charge in [-0.15, -0.1) is 0 Å². The summed E-state index contributed by atoms with van der Waals surface area (Å²) in [6, 6.07) is 0. The van der Waals surface area contributed by atoms with E-state index in [-0.39, 0.29) is 29.7 Å². The highest BCUT2D eigenvalue weighted by Gasteiger charge is 2.61. The molecular weight excluding hydrogens is 270 g/mol. The molecule has 3 aliphatic rings. The molecular formula is C15H19N3O3. The van der Waals surface area contributed by atoms with Gasteiger partial charge in [0.25, 0.3) is 0 Å². The van der Waals surface area contributed by atoms with Gasteiger partial charge in [0.1, 0.15) is 12.2 Å². The molecule has 0 spiro atoms. The van der Waals surface area contributed by atoms with Gasteiger partial charge in [0.2, 0.25) is 0 Å². The maximum absolute atomic E-state index is 11.8. The first-order valence-corrected chi connectivity index (χ1v) is 7.31. The van der Waals surface area contributed by atoms with Crippen LogP contribution in [-0.2, 0) is 14.3 Å². The highest BCUT2D eigenvalue weighted by atomic mass is 16.6. The van der Waals surface area contributed by atoms with Crippen LogP contribution in [0.25, 0.3) is 10.4 Å². The van der Waals surface area contributed by atoms with E-state index in [4.69, 9.17) is 15.0 Å². The first kappa shape index (κ1) is 14.2.